The van der Waals surface area contributed by atoms with E-state index in [1.807, 2.05) is 6.07 Å². The Morgan fingerprint density at radius 3 is 2.24 bits per heavy atom. The number of nitrogens with zero attached hydrogens (tertiary/aromatic N) is 5. The lowest BCUT2D eigenvalue weighted by Gasteiger charge is -2.26. The molecule has 306 valence electrons. The van der Waals surface area contributed by atoms with Gasteiger partial charge in [0.1, 0.15) is 35.8 Å². The molecule has 3 aromatic heterocycles. The molecule has 1 aliphatic rings. The molecular formula is C40H63N6O8P. The van der Waals surface area contributed by atoms with Crippen molar-refractivity contribution < 1.29 is 37.8 Å². The molecule has 1 saturated heterocycles. The first-order valence-corrected chi connectivity index (χ1v) is 21.7. The van der Waals surface area contributed by atoms with E-state index in [1.54, 1.807) is 41.9 Å². The molecule has 1 fully saturated rings. The summed E-state index contributed by atoms with van der Waals surface area (Å²) in [5, 5.41) is 24.2. The minimum absolute atomic E-state index is 0.141. The standard InChI is InChI=1S/C40H63N6O8P/c1-3-4-5-6-7-8-9-10-11-12-13-14-15-16-17-18-23-50-28-34(51-27-32-19-20-33(25-41)43-26-32)29-52-55(48,49)53-30-40(2)24-37(47)38(54-40)35-21-22-36-39(42)44-31-45-46(35)36/h19-22,26,31,34,37-38,47H,3-18,23-24,27-30H2,1-2H3,(H,48,49)(H2,42,44,45)/t34-,37-,38+,40+/m1/s1. The second-order valence-electron chi connectivity index (χ2n) is 15.0. The number of anilines is 1. The second kappa shape index (κ2) is 23.9. The van der Waals surface area contributed by atoms with Crippen molar-refractivity contribution in [1.82, 2.24) is 19.6 Å². The number of rotatable bonds is 29. The van der Waals surface area contributed by atoms with Gasteiger partial charge in [0.15, 0.2) is 5.82 Å². The van der Waals surface area contributed by atoms with Crippen LogP contribution in [0.3, 0.4) is 0 Å². The van der Waals surface area contributed by atoms with Crippen molar-refractivity contribution in [3.63, 3.8) is 0 Å². The third-order valence-corrected chi connectivity index (χ3v) is 11.0. The maximum absolute atomic E-state index is 13.0. The van der Waals surface area contributed by atoms with Crippen LogP contribution in [0.15, 0.2) is 36.8 Å². The Labute approximate surface area is 326 Å². The van der Waals surface area contributed by atoms with Crippen LogP contribution in [0.5, 0.6) is 0 Å². The summed E-state index contributed by atoms with van der Waals surface area (Å²) in [6.07, 6.45) is 21.3. The van der Waals surface area contributed by atoms with Crippen LogP contribution in [0.25, 0.3) is 5.52 Å². The number of aliphatic hydroxyl groups is 1. The van der Waals surface area contributed by atoms with Crippen LogP contribution in [0.2, 0.25) is 0 Å². The molecule has 0 spiro atoms. The van der Waals surface area contributed by atoms with Crippen LogP contribution in [0.4, 0.5) is 5.82 Å². The van der Waals surface area contributed by atoms with Gasteiger partial charge >= 0.3 is 7.82 Å². The smallest absolute Gasteiger partial charge is 0.390 e. The number of nitrogens with two attached hydrogens (primary N) is 1. The van der Waals surface area contributed by atoms with Gasteiger partial charge in [-0.15, -0.1) is 0 Å². The Morgan fingerprint density at radius 1 is 0.964 bits per heavy atom. The molecule has 4 rings (SSSR count). The van der Waals surface area contributed by atoms with Crippen molar-refractivity contribution in [2.24, 2.45) is 0 Å². The minimum atomic E-state index is -4.56. The number of nitriles is 1. The van der Waals surface area contributed by atoms with E-state index in [9.17, 15) is 14.6 Å². The van der Waals surface area contributed by atoms with Crippen LogP contribution < -0.4 is 5.73 Å². The van der Waals surface area contributed by atoms with Crippen LogP contribution >= 0.6 is 7.82 Å². The summed E-state index contributed by atoms with van der Waals surface area (Å²) in [5.74, 6) is 0.291. The number of phosphoric acid groups is 1. The van der Waals surface area contributed by atoms with Gasteiger partial charge in [-0.1, -0.05) is 109 Å². The van der Waals surface area contributed by atoms with Crippen LogP contribution in [0.1, 0.15) is 146 Å². The zero-order valence-electron chi connectivity index (χ0n) is 32.9. The lowest BCUT2D eigenvalue weighted by Crippen LogP contribution is -2.31. The van der Waals surface area contributed by atoms with Gasteiger partial charge in [0.05, 0.1) is 43.8 Å². The first-order valence-electron chi connectivity index (χ1n) is 20.2. The summed E-state index contributed by atoms with van der Waals surface area (Å²) >= 11 is 0. The van der Waals surface area contributed by atoms with Gasteiger partial charge in [-0.25, -0.2) is 19.0 Å². The monoisotopic (exact) mass is 786 g/mol. The van der Waals surface area contributed by atoms with E-state index in [0.29, 0.717) is 29.3 Å². The van der Waals surface area contributed by atoms with E-state index >= 15 is 0 Å². The number of aromatic nitrogens is 4. The third kappa shape index (κ3) is 15.8. The predicted molar refractivity (Wildman–Crippen MR) is 210 cm³/mol. The van der Waals surface area contributed by atoms with Crippen molar-refractivity contribution in [3.05, 3.63) is 53.7 Å². The highest BCUT2D eigenvalue weighted by molar-refractivity contribution is 7.47. The topological polar surface area (TPSA) is 197 Å². The van der Waals surface area contributed by atoms with Crippen molar-refractivity contribution in [1.29, 1.82) is 5.26 Å². The number of hydrogen-bond donors (Lipinski definition) is 3. The highest BCUT2D eigenvalue weighted by Crippen LogP contribution is 2.47. The number of pyridine rings is 1. The molecule has 15 heteroatoms. The first-order chi connectivity index (χ1) is 26.6. The lowest BCUT2D eigenvalue weighted by atomic mass is 10.0. The van der Waals surface area contributed by atoms with E-state index < -0.39 is 31.7 Å². The van der Waals surface area contributed by atoms with Crippen molar-refractivity contribution in [2.75, 3.05) is 32.2 Å². The summed E-state index contributed by atoms with van der Waals surface area (Å²) in [4.78, 5) is 18.7. The van der Waals surface area contributed by atoms with E-state index in [-0.39, 0.29) is 32.8 Å². The molecule has 4 heterocycles. The molecule has 4 N–H and O–H groups in total. The summed E-state index contributed by atoms with van der Waals surface area (Å²) in [6.45, 7) is 4.21. The molecule has 3 aromatic rings. The number of aliphatic hydroxyl groups excluding tert-OH is 1. The number of ether oxygens (including phenoxy) is 3. The number of nitrogen functional groups attached to an aromatic ring is 1. The van der Waals surface area contributed by atoms with Crippen LogP contribution in [0, 0.1) is 11.3 Å². The van der Waals surface area contributed by atoms with Crippen molar-refractivity contribution in [2.45, 2.75) is 154 Å². The van der Waals surface area contributed by atoms with Gasteiger partial charge < -0.3 is 29.9 Å². The molecule has 1 unspecified atom stereocenters. The maximum atomic E-state index is 13.0. The van der Waals surface area contributed by atoms with Crippen LogP contribution in [-0.2, 0) is 34.4 Å². The van der Waals surface area contributed by atoms with E-state index in [4.69, 9.17) is 34.3 Å². The van der Waals surface area contributed by atoms with E-state index in [1.165, 1.54) is 96.2 Å². The van der Waals surface area contributed by atoms with Gasteiger partial charge in [0, 0.05) is 19.2 Å². The molecule has 5 atom stereocenters. The maximum Gasteiger partial charge on any atom is 0.472 e. The molecule has 0 amide bonds. The number of phosphoric ester groups is 1. The SMILES string of the molecule is CCCCCCCCCCCCCCCCCCOC[C@H](COP(=O)(O)OC[C@]1(C)C[C@@H](O)[C@H](c2ccc3c(N)ncnn23)O1)OCc1ccc(C#N)nc1. The molecule has 0 bridgehead atoms. The first kappa shape index (κ1) is 44.7. The summed E-state index contributed by atoms with van der Waals surface area (Å²) in [7, 11) is -4.56. The molecule has 0 radical (unpaired) electrons. The highest BCUT2D eigenvalue weighted by Gasteiger charge is 2.46. The average Bonchev–Trinajstić information content (AvgIpc) is 3.75. The van der Waals surface area contributed by atoms with Gasteiger partial charge in [0.2, 0.25) is 0 Å². The van der Waals surface area contributed by atoms with E-state index in [0.717, 1.165) is 18.4 Å². The summed E-state index contributed by atoms with van der Waals surface area (Å²) in [5.41, 5.74) is 7.03. The average molecular weight is 787 g/mol. The number of fused-ring (bicyclic) bond motifs is 1. The van der Waals surface area contributed by atoms with E-state index in [2.05, 4.69) is 22.0 Å². The molecule has 55 heavy (non-hydrogen) atoms. The zero-order chi connectivity index (χ0) is 39.4. The molecule has 0 aliphatic carbocycles. The minimum Gasteiger partial charge on any atom is -0.390 e. The molecule has 0 saturated carbocycles. The fraction of sp³-hybridized carbons (Fsp3) is 0.700. The lowest BCUT2D eigenvalue weighted by molar-refractivity contribution is -0.0765. The number of unbranched alkanes of at least 4 members (excludes halogenated alkanes) is 15. The van der Waals surface area contributed by atoms with Gasteiger partial charge in [-0.2, -0.15) is 10.4 Å². The van der Waals surface area contributed by atoms with Gasteiger partial charge in [-0.3, -0.25) is 9.05 Å². The molecular weight excluding hydrogens is 723 g/mol. The Bertz CT molecular complexity index is 1620. The van der Waals surface area contributed by atoms with Crippen LogP contribution in [-0.4, -0.2) is 73.8 Å². The largest absolute Gasteiger partial charge is 0.472 e. The number of hydrogen-bond acceptors (Lipinski definition) is 12. The van der Waals surface area contributed by atoms with Crippen molar-refractivity contribution in [3.8, 4) is 6.07 Å². The Kier molecular flexibility index (Phi) is 19.5. The van der Waals surface area contributed by atoms with Crippen molar-refractivity contribution >= 4 is 19.2 Å². The highest BCUT2D eigenvalue weighted by atomic mass is 31.2. The molecule has 1 aliphatic heterocycles. The Hall–Kier alpha value is -2.99. The molecule has 0 aromatic carbocycles. The second-order valence-corrected chi connectivity index (χ2v) is 16.4. The fourth-order valence-electron chi connectivity index (χ4n) is 6.86. The predicted octanol–water partition coefficient (Wildman–Crippen LogP) is 8.16. The fourth-order valence-corrected chi connectivity index (χ4v) is 7.72. The quantitative estimate of drug-likeness (QED) is 0.0451. The normalized spacial score (nSPS) is 20.1. The summed E-state index contributed by atoms with van der Waals surface area (Å²) in [6, 6.07) is 8.82. The van der Waals surface area contributed by atoms with Gasteiger partial charge in [-0.05, 0) is 37.1 Å². The third-order valence-electron chi connectivity index (χ3n) is 10.0. The Morgan fingerprint density at radius 2 is 1.62 bits per heavy atom. The van der Waals surface area contributed by atoms with Gasteiger partial charge in [0.25, 0.3) is 0 Å². The molecule has 14 nitrogen and oxygen atoms in total. The zero-order valence-corrected chi connectivity index (χ0v) is 33.8. The Balaban J connectivity index is 1.14. The summed E-state index contributed by atoms with van der Waals surface area (Å²) < 4.78 is 43.4.